The lowest BCUT2D eigenvalue weighted by Crippen LogP contribution is -2.64. The van der Waals surface area contributed by atoms with E-state index in [9.17, 15) is 0 Å². The van der Waals surface area contributed by atoms with Crippen LogP contribution in [0.3, 0.4) is 0 Å². The van der Waals surface area contributed by atoms with Crippen LogP contribution in [0.25, 0.3) is 0 Å². The lowest BCUT2D eigenvalue weighted by atomic mass is 9.97. The number of ether oxygens (including phenoxy) is 11. The molecule has 10 atom stereocenters. The van der Waals surface area contributed by atoms with Crippen LogP contribution in [0.15, 0.2) is 206 Å². The quantitative estimate of drug-likeness (QED) is 0.0515. The molecule has 12 nitrogen and oxygen atoms in total. The van der Waals surface area contributed by atoms with Crippen LogP contribution in [0, 0.1) is 0 Å². The molecule has 12 heteroatoms. The minimum absolute atomic E-state index is 0.0196. The molecule has 2 saturated heterocycles. The number of hydrogen-bond acceptors (Lipinski definition) is 12. The van der Waals surface area contributed by atoms with Crippen molar-refractivity contribution in [2.45, 2.75) is 108 Å². The molecule has 380 valence electrons. The van der Waals surface area contributed by atoms with Crippen molar-refractivity contribution >= 4 is 0 Å². The first-order chi connectivity index (χ1) is 36.2. The SMILES string of the molecule is CO[C@H]1O[C@H](CO[C@@H]2O[C@H](COCc3ccccc3)[C@@H](OCc3ccccn3)[C@H](OCc3ccccc3)[C@H]2OCc2ccccc2)[C@@H](OCc2ccccc2)[C@H](OCc2ccccc2)[C@H]1OCc1ccccc1. The minimum Gasteiger partial charge on any atom is -0.374 e. The molecule has 0 amide bonds. The highest BCUT2D eigenvalue weighted by molar-refractivity contribution is 5.18. The third kappa shape index (κ3) is 15.3. The van der Waals surface area contributed by atoms with E-state index in [1.54, 1.807) is 13.3 Å². The molecule has 0 spiro atoms. The second-order valence-electron chi connectivity index (χ2n) is 18.1. The van der Waals surface area contributed by atoms with Crippen LogP contribution in [0.2, 0.25) is 0 Å². The molecule has 0 radical (unpaired) electrons. The molecule has 73 heavy (non-hydrogen) atoms. The molecule has 9 rings (SSSR count). The predicted octanol–water partition coefficient (Wildman–Crippen LogP) is 10.2. The van der Waals surface area contributed by atoms with Gasteiger partial charge in [-0.15, -0.1) is 0 Å². The van der Waals surface area contributed by atoms with Crippen LogP contribution in [0.5, 0.6) is 0 Å². The zero-order valence-electron chi connectivity index (χ0n) is 41.2. The van der Waals surface area contributed by atoms with Crippen LogP contribution in [0.1, 0.15) is 39.1 Å². The van der Waals surface area contributed by atoms with E-state index in [2.05, 4.69) is 4.98 Å². The van der Waals surface area contributed by atoms with Gasteiger partial charge in [-0.25, -0.2) is 0 Å². The predicted molar refractivity (Wildman–Crippen MR) is 274 cm³/mol. The van der Waals surface area contributed by atoms with Gasteiger partial charge in [0.1, 0.15) is 48.8 Å². The van der Waals surface area contributed by atoms with Crippen LogP contribution in [-0.4, -0.2) is 86.7 Å². The maximum Gasteiger partial charge on any atom is 0.187 e. The summed E-state index contributed by atoms with van der Waals surface area (Å²) in [7, 11) is 1.61. The van der Waals surface area contributed by atoms with Crippen molar-refractivity contribution in [3.8, 4) is 0 Å². The smallest absolute Gasteiger partial charge is 0.187 e. The van der Waals surface area contributed by atoms with Gasteiger partial charge in [0.25, 0.3) is 0 Å². The molecular formula is C61H65NO11. The summed E-state index contributed by atoms with van der Waals surface area (Å²) in [6.07, 6.45) is -5.88. The lowest BCUT2D eigenvalue weighted by Gasteiger charge is -2.48. The van der Waals surface area contributed by atoms with Gasteiger partial charge in [-0.3, -0.25) is 4.98 Å². The fourth-order valence-corrected chi connectivity index (χ4v) is 9.04. The maximum absolute atomic E-state index is 7.08. The average Bonchev–Trinajstić information content (AvgIpc) is 3.45. The number of nitrogens with zero attached hydrogens (tertiary/aromatic N) is 1. The first-order valence-electron chi connectivity index (χ1n) is 25.0. The largest absolute Gasteiger partial charge is 0.374 e. The topological polar surface area (TPSA) is 114 Å². The van der Waals surface area contributed by atoms with Gasteiger partial charge in [0.05, 0.1) is 65.2 Å². The van der Waals surface area contributed by atoms with Gasteiger partial charge in [-0.2, -0.15) is 0 Å². The van der Waals surface area contributed by atoms with Gasteiger partial charge in [0, 0.05) is 13.3 Å². The number of aromatic nitrogens is 1. The summed E-state index contributed by atoms with van der Waals surface area (Å²) in [6, 6.07) is 65.9. The van der Waals surface area contributed by atoms with Crippen molar-refractivity contribution in [2.24, 2.45) is 0 Å². The zero-order chi connectivity index (χ0) is 49.7. The first-order valence-corrected chi connectivity index (χ1v) is 25.0. The van der Waals surface area contributed by atoms with Crippen LogP contribution >= 0.6 is 0 Å². The third-order valence-electron chi connectivity index (χ3n) is 12.8. The Kier molecular flexibility index (Phi) is 19.8. The van der Waals surface area contributed by atoms with Crippen molar-refractivity contribution in [3.05, 3.63) is 245 Å². The Morgan fingerprint density at radius 3 is 1.08 bits per heavy atom. The summed E-state index contributed by atoms with van der Waals surface area (Å²) < 4.78 is 75.0. The standard InChI is InChI=1S/C61H65NO11/c1-63-60-58(68-40-49-30-16-6-17-31-49)56(66-38-47-26-12-4-13-27-47)55(65-37-46-24-10-3-11-25-46)53(72-60)44-71-61-59(69-41-50-32-18-7-19-33-50)57(67-39-48-28-14-5-15-29-48)54(70-42-51-34-20-21-35-62-51)52(73-61)43-64-36-45-22-8-2-9-23-45/h2-35,52-61H,36-44H2,1H3/t52-,53-,54-,55-,56+,57+,58-,59-,60+,61-/m1/s1. The highest BCUT2D eigenvalue weighted by Crippen LogP contribution is 2.35. The molecule has 2 aliphatic rings. The van der Waals surface area contributed by atoms with E-state index in [0.717, 1.165) is 39.1 Å². The molecule has 1 aromatic heterocycles. The average molecular weight is 988 g/mol. The molecule has 0 bridgehead atoms. The Morgan fingerprint density at radius 1 is 0.329 bits per heavy atom. The minimum atomic E-state index is -1.01. The number of pyridine rings is 1. The molecule has 0 aliphatic carbocycles. The third-order valence-corrected chi connectivity index (χ3v) is 12.8. The monoisotopic (exact) mass is 987 g/mol. The molecule has 0 unspecified atom stereocenters. The van der Waals surface area contributed by atoms with Crippen molar-refractivity contribution < 1.29 is 52.1 Å². The van der Waals surface area contributed by atoms with E-state index in [-0.39, 0.29) is 46.2 Å². The fraction of sp³-hybridized carbons (Fsp3) is 0.328. The maximum atomic E-state index is 7.08. The van der Waals surface area contributed by atoms with Crippen LogP contribution < -0.4 is 0 Å². The van der Waals surface area contributed by atoms with E-state index < -0.39 is 61.4 Å². The van der Waals surface area contributed by atoms with Crippen molar-refractivity contribution in [1.29, 1.82) is 0 Å². The molecule has 2 aliphatic heterocycles. The van der Waals surface area contributed by atoms with Crippen LogP contribution in [-0.2, 0) is 98.4 Å². The number of methoxy groups -OCH3 is 1. The van der Waals surface area contributed by atoms with Crippen molar-refractivity contribution in [3.63, 3.8) is 0 Å². The van der Waals surface area contributed by atoms with Gasteiger partial charge in [-0.05, 0) is 45.5 Å². The van der Waals surface area contributed by atoms with E-state index in [0.29, 0.717) is 13.2 Å². The highest BCUT2D eigenvalue weighted by Gasteiger charge is 2.52. The summed E-state index contributed by atoms with van der Waals surface area (Å²) in [6.45, 7) is 2.06. The Balaban J connectivity index is 1.05. The second kappa shape index (κ2) is 27.9. The van der Waals surface area contributed by atoms with E-state index >= 15 is 0 Å². The summed E-state index contributed by atoms with van der Waals surface area (Å²) in [5.41, 5.74) is 6.71. The van der Waals surface area contributed by atoms with Gasteiger partial charge in [-0.1, -0.05) is 188 Å². The highest BCUT2D eigenvalue weighted by atomic mass is 16.7. The number of hydrogen-bond donors (Lipinski definition) is 0. The van der Waals surface area contributed by atoms with Gasteiger partial charge in [0.15, 0.2) is 12.6 Å². The lowest BCUT2D eigenvalue weighted by molar-refractivity contribution is -0.351. The van der Waals surface area contributed by atoms with E-state index in [1.807, 2.05) is 200 Å². The Hall–Kier alpha value is -5.97. The normalized spacial score (nSPS) is 24.0. The van der Waals surface area contributed by atoms with Gasteiger partial charge < -0.3 is 52.1 Å². The summed E-state index contributed by atoms with van der Waals surface area (Å²) in [5, 5.41) is 0. The Bertz CT molecular complexity index is 2570. The summed E-state index contributed by atoms with van der Waals surface area (Å²) >= 11 is 0. The molecule has 6 aromatic carbocycles. The fourth-order valence-electron chi connectivity index (χ4n) is 9.04. The van der Waals surface area contributed by atoms with Crippen LogP contribution in [0.4, 0.5) is 0 Å². The Morgan fingerprint density at radius 2 is 0.671 bits per heavy atom. The van der Waals surface area contributed by atoms with Gasteiger partial charge >= 0.3 is 0 Å². The summed E-state index contributed by atoms with van der Waals surface area (Å²) in [4.78, 5) is 4.57. The molecule has 7 aromatic rings. The molecular weight excluding hydrogens is 923 g/mol. The van der Waals surface area contributed by atoms with E-state index in [1.165, 1.54) is 0 Å². The molecule has 0 N–H and O–H groups in total. The first kappa shape index (κ1) is 51.9. The van der Waals surface area contributed by atoms with Crippen molar-refractivity contribution in [1.82, 2.24) is 4.98 Å². The summed E-state index contributed by atoms with van der Waals surface area (Å²) in [5.74, 6) is 0. The number of rotatable bonds is 26. The number of benzene rings is 6. The second-order valence-corrected chi connectivity index (χ2v) is 18.1. The van der Waals surface area contributed by atoms with Crippen molar-refractivity contribution in [2.75, 3.05) is 20.3 Å². The van der Waals surface area contributed by atoms with E-state index in [4.69, 9.17) is 52.1 Å². The molecule has 0 saturated carbocycles. The Labute approximate surface area is 429 Å². The molecule has 3 heterocycles. The zero-order valence-corrected chi connectivity index (χ0v) is 41.2. The van der Waals surface area contributed by atoms with Gasteiger partial charge in [0.2, 0.25) is 0 Å². The molecule has 2 fully saturated rings.